The molecular weight excluding hydrogens is 528 g/mol. The summed E-state index contributed by atoms with van der Waals surface area (Å²) in [6, 6.07) is 13.8. The lowest BCUT2D eigenvalue weighted by Gasteiger charge is -2.14. The summed E-state index contributed by atoms with van der Waals surface area (Å²) in [7, 11) is 0. The highest BCUT2D eigenvalue weighted by Gasteiger charge is 2.16. The second kappa shape index (κ2) is 10.4. The fraction of sp³-hybridized carbons (Fsp3) is 0.227. The number of anilines is 1. The van der Waals surface area contributed by atoms with Gasteiger partial charge in [0, 0.05) is 26.7 Å². The molecule has 3 aromatic rings. The average molecular weight is 550 g/mol. The number of carbonyl (C=O) groups is 1. The first kappa shape index (κ1) is 22.8. The number of nitrogens with one attached hydrogen (secondary N) is 1. The molecule has 1 amide bonds. The van der Waals surface area contributed by atoms with Crippen molar-refractivity contribution in [1.82, 2.24) is 14.8 Å². The molecule has 1 N–H and O–H groups in total. The molecule has 0 spiro atoms. The van der Waals surface area contributed by atoms with Crippen LogP contribution in [-0.4, -0.2) is 26.4 Å². The van der Waals surface area contributed by atoms with Gasteiger partial charge < -0.3 is 5.32 Å². The molecule has 30 heavy (non-hydrogen) atoms. The molecule has 8 heteroatoms. The van der Waals surface area contributed by atoms with Crippen molar-refractivity contribution in [3.05, 3.63) is 69.6 Å². The molecular formula is C22H22Br2N4OS. The van der Waals surface area contributed by atoms with Gasteiger partial charge in [0.15, 0.2) is 11.0 Å². The number of amides is 1. The topological polar surface area (TPSA) is 59.8 Å². The second-order valence-electron chi connectivity index (χ2n) is 6.94. The molecule has 0 aliphatic rings. The summed E-state index contributed by atoms with van der Waals surface area (Å²) >= 11 is 8.30. The van der Waals surface area contributed by atoms with E-state index >= 15 is 0 Å². The van der Waals surface area contributed by atoms with Crippen LogP contribution in [0.2, 0.25) is 0 Å². The van der Waals surface area contributed by atoms with Crippen LogP contribution in [0.15, 0.2) is 69.2 Å². The van der Waals surface area contributed by atoms with Crippen molar-refractivity contribution in [2.75, 3.05) is 11.1 Å². The van der Waals surface area contributed by atoms with Gasteiger partial charge in [-0.2, -0.15) is 0 Å². The molecule has 0 bridgehead atoms. The Bertz CT molecular complexity index is 1050. The molecule has 5 nitrogen and oxygen atoms in total. The zero-order valence-corrected chi connectivity index (χ0v) is 20.7. The number of rotatable bonds is 8. The van der Waals surface area contributed by atoms with Gasteiger partial charge in [0.2, 0.25) is 5.91 Å². The van der Waals surface area contributed by atoms with Crippen molar-refractivity contribution in [1.29, 1.82) is 0 Å². The van der Waals surface area contributed by atoms with Gasteiger partial charge in [-0.3, -0.25) is 9.36 Å². The third-order valence-corrected chi connectivity index (χ3v) is 6.36. The zero-order chi connectivity index (χ0) is 21.7. The Hall–Kier alpha value is -1.90. The van der Waals surface area contributed by atoms with Crippen LogP contribution >= 0.6 is 43.6 Å². The Kier molecular flexibility index (Phi) is 7.91. The molecule has 1 heterocycles. The Labute approximate surface area is 197 Å². The number of aromatic nitrogens is 3. The Balaban J connectivity index is 1.73. The smallest absolute Gasteiger partial charge is 0.234 e. The van der Waals surface area contributed by atoms with Crippen LogP contribution in [-0.2, 0) is 11.3 Å². The van der Waals surface area contributed by atoms with Gasteiger partial charge in [-0.1, -0.05) is 75.7 Å². The van der Waals surface area contributed by atoms with E-state index in [9.17, 15) is 4.79 Å². The molecule has 0 fully saturated rings. The van der Waals surface area contributed by atoms with Gasteiger partial charge in [-0.15, -0.1) is 16.8 Å². The number of hydrogen-bond donors (Lipinski definition) is 1. The number of allylic oxidation sites excluding steroid dienone is 1. The highest BCUT2D eigenvalue weighted by Crippen LogP contribution is 2.29. The number of nitrogens with zero attached hydrogens (tertiary/aromatic N) is 3. The van der Waals surface area contributed by atoms with Crippen molar-refractivity contribution in [3.8, 4) is 11.4 Å². The summed E-state index contributed by atoms with van der Waals surface area (Å²) in [5, 5.41) is 12.3. The highest BCUT2D eigenvalue weighted by atomic mass is 79.9. The van der Waals surface area contributed by atoms with Crippen molar-refractivity contribution in [2.24, 2.45) is 0 Å². The maximum absolute atomic E-state index is 12.6. The molecule has 156 valence electrons. The second-order valence-corrected chi connectivity index (χ2v) is 9.71. The fourth-order valence-corrected chi connectivity index (χ4v) is 4.33. The van der Waals surface area contributed by atoms with E-state index in [2.05, 4.69) is 67.8 Å². The molecule has 0 atom stereocenters. The van der Waals surface area contributed by atoms with Crippen LogP contribution < -0.4 is 5.32 Å². The van der Waals surface area contributed by atoms with Gasteiger partial charge in [0.25, 0.3) is 0 Å². The van der Waals surface area contributed by atoms with E-state index < -0.39 is 0 Å². The molecule has 0 radical (unpaired) electrons. The van der Waals surface area contributed by atoms with Gasteiger partial charge in [-0.05, 0) is 41.8 Å². The number of thioether (sulfide) groups is 1. The minimum absolute atomic E-state index is 0.0810. The first-order valence-electron chi connectivity index (χ1n) is 9.41. The summed E-state index contributed by atoms with van der Waals surface area (Å²) < 4.78 is 3.96. The standard InChI is InChI=1S/C22H22Br2N4OS/c1-4-11-28-21(15-5-7-16(23)8-6-15)26-27-22(28)30-13-20(29)25-19-10-9-17(24)12-18(19)14(2)3/h4-10,12,14H,1,11,13H2,2-3H3,(H,25,29). The van der Waals surface area contributed by atoms with Gasteiger partial charge in [0.1, 0.15) is 0 Å². The van der Waals surface area contributed by atoms with Crippen molar-refractivity contribution in [2.45, 2.75) is 31.5 Å². The van der Waals surface area contributed by atoms with Gasteiger partial charge in [-0.25, -0.2) is 0 Å². The average Bonchev–Trinajstić information content (AvgIpc) is 3.11. The molecule has 0 unspecified atom stereocenters. The summed E-state index contributed by atoms with van der Waals surface area (Å²) in [5.74, 6) is 1.21. The summed E-state index contributed by atoms with van der Waals surface area (Å²) in [4.78, 5) is 12.6. The van der Waals surface area contributed by atoms with Crippen molar-refractivity contribution in [3.63, 3.8) is 0 Å². The van der Waals surface area contributed by atoms with Gasteiger partial charge >= 0.3 is 0 Å². The van der Waals surface area contributed by atoms with Crippen LogP contribution in [0.1, 0.15) is 25.3 Å². The first-order valence-corrected chi connectivity index (χ1v) is 12.0. The van der Waals surface area contributed by atoms with E-state index in [1.54, 1.807) is 6.08 Å². The Morgan fingerprint density at radius 2 is 1.87 bits per heavy atom. The molecule has 1 aromatic heterocycles. The molecule has 0 aliphatic heterocycles. The van der Waals surface area contributed by atoms with E-state index in [1.165, 1.54) is 11.8 Å². The van der Waals surface area contributed by atoms with Crippen LogP contribution in [0, 0.1) is 0 Å². The molecule has 2 aromatic carbocycles. The summed E-state index contributed by atoms with van der Waals surface area (Å²) in [6.45, 7) is 8.61. The normalized spacial score (nSPS) is 11.0. The minimum Gasteiger partial charge on any atom is -0.325 e. The SMILES string of the molecule is C=CCn1c(SCC(=O)Nc2ccc(Br)cc2C(C)C)nnc1-c1ccc(Br)cc1. The largest absolute Gasteiger partial charge is 0.325 e. The molecule has 3 rings (SSSR count). The van der Waals surface area contributed by atoms with E-state index in [4.69, 9.17) is 0 Å². The number of carbonyl (C=O) groups excluding carboxylic acids is 1. The lowest BCUT2D eigenvalue weighted by molar-refractivity contribution is -0.113. The van der Waals surface area contributed by atoms with E-state index in [0.29, 0.717) is 17.6 Å². The maximum Gasteiger partial charge on any atom is 0.234 e. The number of hydrogen-bond acceptors (Lipinski definition) is 4. The van der Waals surface area contributed by atoms with Crippen molar-refractivity contribution >= 4 is 55.2 Å². The fourth-order valence-electron chi connectivity index (χ4n) is 2.94. The molecule has 0 saturated carbocycles. The third-order valence-electron chi connectivity index (χ3n) is 4.37. The quantitative estimate of drug-likeness (QED) is 0.257. The number of halogens is 2. The van der Waals surface area contributed by atoms with E-state index in [0.717, 1.165) is 31.6 Å². The predicted octanol–water partition coefficient (Wildman–Crippen LogP) is 6.51. The summed E-state index contributed by atoms with van der Waals surface area (Å²) in [6.07, 6.45) is 1.80. The minimum atomic E-state index is -0.0810. The van der Waals surface area contributed by atoms with Crippen LogP contribution in [0.25, 0.3) is 11.4 Å². The third kappa shape index (κ3) is 5.62. The monoisotopic (exact) mass is 548 g/mol. The van der Waals surface area contributed by atoms with Crippen molar-refractivity contribution < 1.29 is 4.79 Å². The van der Waals surface area contributed by atoms with Gasteiger partial charge in [0.05, 0.1) is 5.75 Å². The Morgan fingerprint density at radius 3 is 2.53 bits per heavy atom. The summed E-state index contributed by atoms with van der Waals surface area (Å²) in [5.41, 5.74) is 2.89. The molecule has 0 saturated heterocycles. The van der Waals surface area contributed by atoms with Crippen LogP contribution in [0.5, 0.6) is 0 Å². The first-order chi connectivity index (χ1) is 14.4. The van der Waals surface area contributed by atoms with E-state index in [-0.39, 0.29) is 11.7 Å². The van der Waals surface area contributed by atoms with E-state index in [1.807, 2.05) is 47.0 Å². The number of benzene rings is 2. The van der Waals surface area contributed by atoms with Crippen LogP contribution in [0.4, 0.5) is 5.69 Å². The zero-order valence-electron chi connectivity index (χ0n) is 16.7. The predicted molar refractivity (Wildman–Crippen MR) is 131 cm³/mol. The Morgan fingerprint density at radius 1 is 1.17 bits per heavy atom. The van der Waals surface area contributed by atoms with Crippen LogP contribution in [0.3, 0.4) is 0 Å². The maximum atomic E-state index is 12.6. The lowest BCUT2D eigenvalue weighted by Crippen LogP contribution is -2.16. The molecule has 0 aliphatic carbocycles. The lowest BCUT2D eigenvalue weighted by atomic mass is 10.0. The highest BCUT2D eigenvalue weighted by molar-refractivity contribution is 9.10.